The van der Waals surface area contributed by atoms with Gasteiger partial charge in [0.25, 0.3) is 0 Å². The molecule has 0 aliphatic heterocycles. The second-order valence-corrected chi connectivity index (χ2v) is 6.59. The number of nitrogens with zero attached hydrogens (tertiary/aromatic N) is 1. The summed E-state index contributed by atoms with van der Waals surface area (Å²) in [6.45, 7) is 1.88. The third-order valence-corrected chi connectivity index (χ3v) is 5.02. The van der Waals surface area contributed by atoms with Gasteiger partial charge in [-0.2, -0.15) is 0 Å². The summed E-state index contributed by atoms with van der Waals surface area (Å²) in [5.74, 6) is -1.66. The topological polar surface area (TPSA) is 117 Å². The van der Waals surface area contributed by atoms with E-state index in [4.69, 9.17) is 18.9 Å². The highest BCUT2D eigenvalue weighted by Gasteiger charge is 2.26. The molecule has 0 spiro atoms. The number of nitrogens with one attached hydrogen (secondary N) is 1. The van der Waals surface area contributed by atoms with E-state index < -0.39 is 17.9 Å². The van der Waals surface area contributed by atoms with Crippen LogP contribution in [0.25, 0.3) is 21.8 Å². The summed E-state index contributed by atoms with van der Waals surface area (Å²) in [5.41, 5.74) is 0.797. The maximum atomic E-state index is 12.5. The first kappa shape index (κ1) is 20.6. The lowest BCUT2D eigenvalue weighted by molar-refractivity contribution is 0.0518. The van der Waals surface area contributed by atoms with E-state index in [1.165, 1.54) is 33.5 Å². The number of aromatic amines is 1. The fraction of sp³-hybridized carbons (Fsp3) is 0.263. The van der Waals surface area contributed by atoms with Crippen LogP contribution in [0.4, 0.5) is 0 Å². The molecule has 0 unspecified atom stereocenters. The third kappa shape index (κ3) is 3.39. The molecule has 2 heterocycles. The van der Waals surface area contributed by atoms with E-state index in [0.29, 0.717) is 32.0 Å². The number of halogens is 1. The molecule has 0 atom stereocenters. The Morgan fingerprint density at radius 3 is 2.34 bits per heavy atom. The minimum absolute atomic E-state index is 0.0159. The highest BCUT2D eigenvalue weighted by molar-refractivity contribution is 9.10. The van der Waals surface area contributed by atoms with Gasteiger partial charge in [-0.25, -0.2) is 19.4 Å². The van der Waals surface area contributed by atoms with Crippen LogP contribution in [-0.4, -0.2) is 55.8 Å². The fourth-order valence-corrected chi connectivity index (χ4v) is 3.66. The zero-order chi connectivity index (χ0) is 21.3. The Morgan fingerprint density at radius 2 is 1.76 bits per heavy atom. The van der Waals surface area contributed by atoms with Crippen LogP contribution in [0.5, 0.6) is 5.75 Å². The predicted molar refractivity (Wildman–Crippen MR) is 106 cm³/mol. The summed E-state index contributed by atoms with van der Waals surface area (Å²) in [6, 6.07) is 2.85. The average Bonchev–Trinajstić information content (AvgIpc) is 3.18. The number of carbonyl (C=O) groups is 3. The van der Waals surface area contributed by atoms with Crippen molar-refractivity contribution in [2.24, 2.45) is 0 Å². The Morgan fingerprint density at radius 1 is 1.07 bits per heavy atom. The molecule has 1 N–H and O–H groups in total. The van der Waals surface area contributed by atoms with Gasteiger partial charge in [-0.15, -0.1) is 0 Å². The highest BCUT2D eigenvalue weighted by atomic mass is 79.9. The molecule has 0 aliphatic carbocycles. The molecule has 3 rings (SSSR count). The predicted octanol–water partition coefficient (Wildman–Crippen LogP) is 3.24. The van der Waals surface area contributed by atoms with E-state index in [0.717, 1.165) is 0 Å². The molecule has 0 saturated carbocycles. The molecule has 1 aromatic carbocycles. The quantitative estimate of drug-likeness (QED) is 0.451. The van der Waals surface area contributed by atoms with Gasteiger partial charge in [0.15, 0.2) is 5.75 Å². The number of hydrogen-bond acceptors (Lipinski definition) is 8. The molecule has 3 aromatic rings. The lowest BCUT2D eigenvalue weighted by Gasteiger charge is -2.14. The first-order valence-electron chi connectivity index (χ1n) is 8.44. The minimum Gasteiger partial charge on any atom is -0.493 e. The first-order chi connectivity index (χ1) is 13.9. The van der Waals surface area contributed by atoms with E-state index in [2.05, 4.69) is 25.9 Å². The molecule has 0 bridgehead atoms. The standard InChI is InChI=1S/C19H17BrN2O7/c1-5-29-19(25)11-7-9-13(20)16(26-2)15-12(14(9)21-11)8(17(23)27-3)6-10(22-15)18(24)28-4/h6-7,22H,5H2,1-4H3. The summed E-state index contributed by atoms with van der Waals surface area (Å²) in [5, 5.41) is 0.858. The van der Waals surface area contributed by atoms with Gasteiger partial charge in [0, 0.05) is 10.8 Å². The molecule has 0 aliphatic rings. The summed E-state index contributed by atoms with van der Waals surface area (Å²) < 4.78 is 20.6. The van der Waals surface area contributed by atoms with Crippen LogP contribution in [0.1, 0.15) is 38.3 Å². The maximum absolute atomic E-state index is 12.5. The van der Waals surface area contributed by atoms with Gasteiger partial charge in [0.2, 0.25) is 0 Å². The van der Waals surface area contributed by atoms with Crippen LogP contribution >= 0.6 is 15.9 Å². The third-order valence-electron chi connectivity index (χ3n) is 4.24. The Bertz CT molecular complexity index is 1150. The van der Waals surface area contributed by atoms with Crippen molar-refractivity contribution in [2.75, 3.05) is 27.9 Å². The largest absolute Gasteiger partial charge is 0.493 e. The van der Waals surface area contributed by atoms with Crippen LogP contribution in [0, 0.1) is 0 Å². The fourth-order valence-electron chi connectivity index (χ4n) is 3.00. The molecule has 2 aromatic heterocycles. The smallest absolute Gasteiger partial charge is 0.356 e. The number of carbonyl (C=O) groups excluding carboxylic acids is 3. The maximum Gasteiger partial charge on any atom is 0.356 e. The Balaban J connectivity index is 2.50. The summed E-state index contributed by atoms with van der Waals surface area (Å²) in [4.78, 5) is 44.1. The monoisotopic (exact) mass is 464 g/mol. The van der Waals surface area contributed by atoms with Crippen molar-refractivity contribution in [1.29, 1.82) is 0 Å². The number of aromatic nitrogens is 2. The molecule has 0 saturated heterocycles. The average molecular weight is 465 g/mol. The van der Waals surface area contributed by atoms with Gasteiger partial charge < -0.3 is 23.9 Å². The number of H-pyrrole nitrogens is 1. The number of benzene rings is 1. The highest BCUT2D eigenvalue weighted by Crippen LogP contribution is 2.42. The Labute approximate surface area is 173 Å². The summed E-state index contributed by atoms with van der Waals surface area (Å²) in [7, 11) is 3.88. The van der Waals surface area contributed by atoms with E-state index in [9.17, 15) is 14.4 Å². The van der Waals surface area contributed by atoms with E-state index >= 15 is 0 Å². The van der Waals surface area contributed by atoms with Crippen LogP contribution in [0.2, 0.25) is 0 Å². The van der Waals surface area contributed by atoms with Crippen molar-refractivity contribution in [3.8, 4) is 5.75 Å². The molecule has 0 radical (unpaired) electrons. The van der Waals surface area contributed by atoms with Crippen LogP contribution < -0.4 is 4.74 Å². The van der Waals surface area contributed by atoms with Gasteiger partial charge in [0.05, 0.1) is 49.0 Å². The lowest BCUT2D eigenvalue weighted by atomic mass is 10.0. The van der Waals surface area contributed by atoms with Crippen molar-refractivity contribution in [2.45, 2.75) is 6.92 Å². The number of methoxy groups -OCH3 is 3. The molecular formula is C19H17BrN2O7. The number of esters is 3. The number of ether oxygens (including phenoxy) is 4. The summed E-state index contributed by atoms with van der Waals surface area (Å²) >= 11 is 3.45. The SMILES string of the molecule is CCOC(=O)c1cc2c(Br)c(OC)c3[nH]c(C(=O)OC)cc(C(=O)OC)c3c2n1. The zero-order valence-electron chi connectivity index (χ0n) is 16.0. The van der Waals surface area contributed by atoms with Crippen molar-refractivity contribution in [3.05, 3.63) is 33.6 Å². The normalized spacial score (nSPS) is 10.8. The number of rotatable bonds is 5. The first-order valence-corrected chi connectivity index (χ1v) is 9.23. The molecular weight excluding hydrogens is 448 g/mol. The molecule has 29 heavy (non-hydrogen) atoms. The van der Waals surface area contributed by atoms with Gasteiger partial charge in [-0.1, -0.05) is 0 Å². The Hall–Kier alpha value is -3.14. The molecule has 152 valence electrons. The number of hydrogen-bond donors (Lipinski definition) is 1. The van der Waals surface area contributed by atoms with Gasteiger partial charge >= 0.3 is 17.9 Å². The van der Waals surface area contributed by atoms with Gasteiger partial charge in [-0.3, -0.25) is 0 Å². The molecule has 0 amide bonds. The van der Waals surface area contributed by atoms with E-state index in [1.54, 1.807) is 6.92 Å². The molecule has 0 fully saturated rings. The van der Waals surface area contributed by atoms with Crippen molar-refractivity contribution in [1.82, 2.24) is 9.97 Å². The molecule has 9 nitrogen and oxygen atoms in total. The minimum atomic E-state index is -0.694. The van der Waals surface area contributed by atoms with Gasteiger partial charge in [0.1, 0.15) is 11.4 Å². The van der Waals surface area contributed by atoms with Crippen molar-refractivity contribution < 1.29 is 33.3 Å². The second kappa shape index (κ2) is 8.08. The van der Waals surface area contributed by atoms with Crippen LogP contribution in [-0.2, 0) is 14.2 Å². The van der Waals surface area contributed by atoms with Crippen LogP contribution in [0.15, 0.2) is 16.6 Å². The van der Waals surface area contributed by atoms with Gasteiger partial charge in [-0.05, 0) is 35.0 Å². The van der Waals surface area contributed by atoms with E-state index in [-0.39, 0.29) is 23.6 Å². The number of pyridine rings is 1. The van der Waals surface area contributed by atoms with E-state index in [1.807, 2.05) is 0 Å². The lowest BCUT2D eigenvalue weighted by Crippen LogP contribution is -2.10. The van der Waals surface area contributed by atoms with Crippen molar-refractivity contribution >= 4 is 55.6 Å². The second-order valence-electron chi connectivity index (χ2n) is 5.80. The van der Waals surface area contributed by atoms with Crippen LogP contribution in [0.3, 0.4) is 0 Å². The Kier molecular flexibility index (Phi) is 5.73. The molecule has 10 heteroatoms. The van der Waals surface area contributed by atoms with Crippen molar-refractivity contribution in [3.63, 3.8) is 0 Å². The zero-order valence-corrected chi connectivity index (χ0v) is 17.6. The number of fused-ring (bicyclic) bond motifs is 3. The summed E-state index contributed by atoms with van der Waals surface area (Å²) in [6.07, 6.45) is 0.